The molecule has 0 radical (unpaired) electrons. The van der Waals surface area contributed by atoms with E-state index in [1.807, 2.05) is 0 Å². The third kappa shape index (κ3) is 3.62. The molecule has 0 spiro atoms. The first kappa shape index (κ1) is 16.2. The van der Waals surface area contributed by atoms with E-state index in [1.165, 1.54) is 44.9 Å². The number of hydrogen-bond acceptors (Lipinski definition) is 0. The Morgan fingerprint density at radius 2 is 1.24 bits per heavy atom. The summed E-state index contributed by atoms with van der Waals surface area (Å²) in [4.78, 5) is 0. The zero-order chi connectivity index (χ0) is 14.8. The van der Waals surface area contributed by atoms with E-state index in [0.29, 0.717) is 0 Å². The number of alkyl halides is 1. The molecule has 4 rings (SSSR count). The van der Waals surface area contributed by atoms with Crippen molar-refractivity contribution < 1.29 is 0 Å². The van der Waals surface area contributed by atoms with Gasteiger partial charge in [0.05, 0.1) is 0 Å². The molecular weight excluding hydrogens is 276 g/mol. The van der Waals surface area contributed by atoms with Gasteiger partial charge in [-0.3, -0.25) is 0 Å². The fraction of sp³-hybridized carbons (Fsp3) is 1.00. The molecule has 0 aromatic carbocycles. The van der Waals surface area contributed by atoms with Crippen molar-refractivity contribution in [1.82, 2.24) is 0 Å². The maximum atomic E-state index is 6.02. The van der Waals surface area contributed by atoms with Gasteiger partial charge in [-0.1, -0.05) is 26.2 Å². The van der Waals surface area contributed by atoms with Crippen LogP contribution < -0.4 is 0 Å². The van der Waals surface area contributed by atoms with Gasteiger partial charge in [-0.05, 0) is 93.3 Å². The van der Waals surface area contributed by atoms with Crippen molar-refractivity contribution in [2.24, 2.45) is 22.7 Å². The van der Waals surface area contributed by atoms with Crippen LogP contribution in [0.2, 0.25) is 0 Å². The predicted molar refractivity (Wildman–Crippen MR) is 92.9 cm³/mol. The van der Waals surface area contributed by atoms with Crippen LogP contribution in [0.25, 0.3) is 0 Å². The summed E-state index contributed by atoms with van der Waals surface area (Å²) in [6.07, 6.45) is 21.1. The van der Waals surface area contributed by atoms with Crippen LogP contribution in [0.15, 0.2) is 0 Å². The highest BCUT2D eigenvalue weighted by Gasteiger charge is 2.47. The van der Waals surface area contributed by atoms with Crippen molar-refractivity contribution in [1.29, 1.82) is 0 Å². The molecule has 122 valence electrons. The molecule has 0 aromatic heterocycles. The van der Waals surface area contributed by atoms with Crippen LogP contribution >= 0.6 is 11.6 Å². The molecule has 0 N–H and O–H groups in total. The number of halogens is 1. The Labute approximate surface area is 137 Å². The highest BCUT2D eigenvalue weighted by atomic mass is 35.5. The predicted octanol–water partition coefficient (Wildman–Crippen LogP) is 6.95. The molecule has 0 unspecified atom stereocenters. The van der Waals surface area contributed by atoms with Crippen molar-refractivity contribution in [2.45, 2.75) is 96.8 Å². The summed E-state index contributed by atoms with van der Waals surface area (Å²) in [6, 6.07) is 0. The van der Waals surface area contributed by atoms with Crippen LogP contribution in [-0.2, 0) is 0 Å². The lowest BCUT2D eigenvalue weighted by Gasteiger charge is -2.54. The summed E-state index contributed by atoms with van der Waals surface area (Å²) in [5.74, 6) is 2.76. The molecule has 4 aliphatic rings. The Kier molecular flexibility index (Phi) is 5.24. The van der Waals surface area contributed by atoms with E-state index in [-0.39, 0.29) is 0 Å². The fourth-order valence-electron chi connectivity index (χ4n) is 5.81. The maximum Gasteiger partial charge on any atom is 0.0251 e. The molecule has 0 atom stereocenters. The van der Waals surface area contributed by atoms with Crippen LogP contribution in [0.5, 0.6) is 0 Å². The molecule has 0 saturated heterocycles. The van der Waals surface area contributed by atoms with E-state index in [2.05, 4.69) is 6.92 Å². The van der Waals surface area contributed by atoms with Crippen molar-refractivity contribution in [3.05, 3.63) is 0 Å². The first-order valence-corrected chi connectivity index (χ1v) is 10.3. The zero-order valence-electron chi connectivity index (χ0n) is 14.1. The second kappa shape index (κ2) is 6.81. The van der Waals surface area contributed by atoms with Gasteiger partial charge in [0, 0.05) is 5.88 Å². The summed E-state index contributed by atoms with van der Waals surface area (Å²) in [5, 5.41) is 0. The summed E-state index contributed by atoms with van der Waals surface area (Å²) in [6.45, 7) is 2.38. The highest BCUT2D eigenvalue weighted by molar-refractivity contribution is 6.18. The fourth-order valence-corrected chi connectivity index (χ4v) is 6.11. The van der Waals surface area contributed by atoms with Gasteiger partial charge in [0.25, 0.3) is 0 Å². The lowest BCUT2D eigenvalue weighted by atomic mass is 9.51. The molecular formula is C20H35Cl. The third-order valence-corrected chi connectivity index (χ3v) is 8.04. The number of rotatable bonds is 6. The van der Waals surface area contributed by atoms with E-state index < -0.39 is 0 Å². The van der Waals surface area contributed by atoms with E-state index in [0.717, 1.165) is 28.5 Å². The molecule has 0 amide bonds. The van der Waals surface area contributed by atoms with Crippen LogP contribution in [0, 0.1) is 22.7 Å². The molecule has 4 fully saturated rings. The standard InChI is InChI=1S/C20H35Cl/c1-2-8-19-10-13-20(14-11-19,15-12-19)9-7-17-3-5-18(16-21)6-4-17/h17-18H,2-16H2,1H3. The summed E-state index contributed by atoms with van der Waals surface area (Å²) < 4.78 is 0. The number of hydrogen-bond donors (Lipinski definition) is 0. The lowest BCUT2D eigenvalue weighted by molar-refractivity contribution is -0.0240. The smallest absolute Gasteiger partial charge is 0.0251 e. The Morgan fingerprint density at radius 1 is 0.762 bits per heavy atom. The number of fused-ring (bicyclic) bond motifs is 3. The molecule has 0 nitrogen and oxygen atoms in total. The molecule has 0 heterocycles. The van der Waals surface area contributed by atoms with Crippen LogP contribution in [-0.4, -0.2) is 5.88 Å². The highest BCUT2D eigenvalue weighted by Crippen LogP contribution is 2.60. The minimum Gasteiger partial charge on any atom is -0.126 e. The first-order valence-electron chi connectivity index (χ1n) is 9.75. The zero-order valence-corrected chi connectivity index (χ0v) is 14.9. The second-order valence-electron chi connectivity index (χ2n) is 8.83. The van der Waals surface area contributed by atoms with Crippen LogP contribution in [0.4, 0.5) is 0 Å². The summed E-state index contributed by atoms with van der Waals surface area (Å²) in [7, 11) is 0. The lowest BCUT2D eigenvalue weighted by Crippen LogP contribution is -2.41. The minimum absolute atomic E-state index is 0.777. The summed E-state index contributed by atoms with van der Waals surface area (Å²) >= 11 is 6.02. The molecule has 4 saturated carbocycles. The quantitative estimate of drug-likeness (QED) is 0.465. The Bertz CT molecular complexity index is 302. The average Bonchev–Trinajstić information content (AvgIpc) is 2.55. The van der Waals surface area contributed by atoms with E-state index in [9.17, 15) is 0 Å². The van der Waals surface area contributed by atoms with Gasteiger partial charge in [0.1, 0.15) is 0 Å². The van der Waals surface area contributed by atoms with Gasteiger partial charge < -0.3 is 0 Å². The molecule has 1 heteroatoms. The molecule has 0 aromatic rings. The monoisotopic (exact) mass is 310 g/mol. The Balaban J connectivity index is 1.45. The van der Waals surface area contributed by atoms with E-state index in [1.54, 1.807) is 44.9 Å². The van der Waals surface area contributed by atoms with Crippen LogP contribution in [0.1, 0.15) is 96.8 Å². The van der Waals surface area contributed by atoms with E-state index >= 15 is 0 Å². The van der Waals surface area contributed by atoms with Gasteiger partial charge in [-0.15, -0.1) is 11.6 Å². The van der Waals surface area contributed by atoms with Gasteiger partial charge >= 0.3 is 0 Å². The molecule has 2 bridgehead atoms. The van der Waals surface area contributed by atoms with E-state index in [4.69, 9.17) is 11.6 Å². The molecule has 21 heavy (non-hydrogen) atoms. The SMILES string of the molecule is CCCC12CCC(CCC3CCC(CCl)CC3)(CC1)CC2. The Morgan fingerprint density at radius 3 is 1.71 bits per heavy atom. The molecule has 0 aliphatic heterocycles. The van der Waals surface area contributed by atoms with Crippen molar-refractivity contribution in [3.63, 3.8) is 0 Å². The molecule has 4 aliphatic carbocycles. The van der Waals surface area contributed by atoms with Gasteiger partial charge in [0.15, 0.2) is 0 Å². The topological polar surface area (TPSA) is 0 Å². The van der Waals surface area contributed by atoms with Gasteiger partial charge in [-0.2, -0.15) is 0 Å². The third-order valence-electron chi connectivity index (χ3n) is 7.60. The van der Waals surface area contributed by atoms with Crippen molar-refractivity contribution >= 4 is 11.6 Å². The first-order chi connectivity index (χ1) is 10.2. The average molecular weight is 311 g/mol. The second-order valence-corrected chi connectivity index (χ2v) is 9.14. The van der Waals surface area contributed by atoms with Crippen molar-refractivity contribution in [2.75, 3.05) is 5.88 Å². The largest absolute Gasteiger partial charge is 0.126 e. The summed E-state index contributed by atoms with van der Waals surface area (Å²) in [5.41, 5.74) is 1.56. The van der Waals surface area contributed by atoms with Gasteiger partial charge in [-0.25, -0.2) is 0 Å². The maximum absolute atomic E-state index is 6.02. The Hall–Kier alpha value is 0.290. The van der Waals surface area contributed by atoms with Gasteiger partial charge in [0.2, 0.25) is 0 Å². The van der Waals surface area contributed by atoms with Crippen molar-refractivity contribution in [3.8, 4) is 0 Å². The normalized spacial score (nSPS) is 43.1. The minimum atomic E-state index is 0.777. The van der Waals surface area contributed by atoms with Crippen LogP contribution in [0.3, 0.4) is 0 Å².